The summed E-state index contributed by atoms with van der Waals surface area (Å²) < 4.78 is 38.6. The predicted molar refractivity (Wildman–Crippen MR) is 110 cm³/mol. The number of hydrogen-bond acceptors (Lipinski definition) is 5. The molecule has 7 heteroatoms. The molecule has 1 heterocycles. The first kappa shape index (κ1) is 20.8. The molecule has 1 aliphatic heterocycles. The van der Waals surface area contributed by atoms with Crippen molar-refractivity contribution in [2.75, 3.05) is 45.7 Å². The van der Waals surface area contributed by atoms with Crippen molar-refractivity contribution >= 4 is 10.0 Å². The molecule has 0 aliphatic carbocycles. The Hall–Kier alpha value is -1.93. The van der Waals surface area contributed by atoms with Crippen LogP contribution in [0.5, 0.6) is 5.75 Å². The summed E-state index contributed by atoms with van der Waals surface area (Å²) in [5.41, 5.74) is 2.08. The van der Waals surface area contributed by atoms with Crippen LogP contribution in [0.3, 0.4) is 0 Å². The van der Waals surface area contributed by atoms with Crippen LogP contribution in [-0.4, -0.2) is 59.0 Å². The highest BCUT2D eigenvalue weighted by Crippen LogP contribution is 2.24. The fourth-order valence-corrected chi connectivity index (χ4v) is 4.41. The highest BCUT2D eigenvalue weighted by Gasteiger charge is 2.24. The quantitative estimate of drug-likeness (QED) is 0.694. The van der Waals surface area contributed by atoms with Gasteiger partial charge in [-0.15, -0.1) is 0 Å². The van der Waals surface area contributed by atoms with Crippen molar-refractivity contribution in [1.29, 1.82) is 0 Å². The number of benzene rings is 2. The summed E-state index contributed by atoms with van der Waals surface area (Å²) in [5.74, 6) is 0.864. The van der Waals surface area contributed by atoms with Gasteiger partial charge in [0.25, 0.3) is 0 Å². The third kappa shape index (κ3) is 6.04. The Bertz CT molecular complexity index is 819. The summed E-state index contributed by atoms with van der Waals surface area (Å²) in [4.78, 5) is 2.27. The molecule has 28 heavy (non-hydrogen) atoms. The summed E-state index contributed by atoms with van der Waals surface area (Å²) in [5, 5.41) is 0. The van der Waals surface area contributed by atoms with Gasteiger partial charge in [0.05, 0.1) is 26.1 Å². The van der Waals surface area contributed by atoms with Crippen LogP contribution in [0.4, 0.5) is 0 Å². The Morgan fingerprint density at radius 3 is 2.39 bits per heavy atom. The van der Waals surface area contributed by atoms with Gasteiger partial charge in [-0.1, -0.05) is 42.5 Å². The van der Waals surface area contributed by atoms with E-state index in [1.165, 1.54) is 0 Å². The molecule has 1 saturated heterocycles. The zero-order chi connectivity index (χ0) is 19.8. The molecule has 1 unspecified atom stereocenters. The third-order valence-corrected chi connectivity index (χ3v) is 6.33. The van der Waals surface area contributed by atoms with E-state index < -0.39 is 10.0 Å². The highest BCUT2D eigenvalue weighted by molar-refractivity contribution is 7.89. The van der Waals surface area contributed by atoms with Gasteiger partial charge < -0.3 is 9.47 Å². The van der Waals surface area contributed by atoms with Crippen LogP contribution in [0.2, 0.25) is 0 Å². The van der Waals surface area contributed by atoms with Crippen LogP contribution in [0.15, 0.2) is 54.6 Å². The fraction of sp³-hybridized carbons (Fsp3) is 0.429. The molecule has 152 valence electrons. The largest absolute Gasteiger partial charge is 0.497 e. The van der Waals surface area contributed by atoms with E-state index in [4.69, 9.17) is 9.47 Å². The Balaban J connectivity index is 1.66. The van der Waals surface area contributed by atoms with Crippen LogP contribution < -0.4 is 9.46 Å². The number of morpholine rings is 1. The second kappa shape index (κ2) is 10.0. The van der Waals surface area contributed by atoms with Crippen LogP contribution in [0.25, 0.3) is 0 Å². The Morgan fingerprint density at radius 2 is 1.75 bits per heavy atom. The van der Waals surface area contributed by atoms with E-state index in [1.54, 1.807) is 7.11 Å². The Kier molecular flexibility index (Phi) is 7.44. The molecule has 0 saturated carbocycles. The third-order valence-electron chi connectivity index (χ3n) is 4.99. The monoisotopic (exact) mass is 404 g/mol. The molecule has 1 fully saturated rings. The molecule has 3 rings (SSSR count). The van der Waals surface area contributed by atoms with E-state index in [0.29, 0.717) is 26.2 Å². The average molecular weight is 405 g/mol. The van der Waals surface area contributed by atoms with E-state index in [9.17, 15) is 8.42 Å². The van der Waals surface area contributed by atoms with Gasteiger partial charge in [0, 0.05) is 25.7 Å². The number of aryl methyl sites for hydroxylation is 1. The molecule has 1 N–H and O–H groups in total. The molecule has 2 aromatic carbocycles. The second-order valence-corrected chi connectivity index (χ2v) is 8.77. The van der Waals surface area contributed by atoms with Crippen LogP contribution >= 0.6 is 0 Å². The van der Waals surface area contributed by atoms with E-state index in [-0.39, 0.29) is 11.8 Å². The SMILES string of the molecule is COc1ccc(C(CNS(=O)(=O)CCc2ccccc2)N2CCOCC2)cc1. The van der Waals surface area contributed by atoms with Gasteiger partial charge in [-0.05, 0) is 29.7 Å². The minimum atomic E-state index is -3.37. The first-order chi connectivity index (χ1) is 13.6. The summed E-state index contributed by atoms with van der Waals surface area (Å²) in [7, 11) is -1.73. The molecule has 0 bridgehead atoms. The van der Waals surface area contributed by atoms with Crippen LogP contribution in [0.1, 0.15) is 17.2 Å². The second-order valence-electron chi connectivity index (χ2n) is 6.84. The Labute approximate surface area is 167 Å². The van der Waals surface area contributed by atoms with Crippen LogP contribution in [0, 0.1) is 0 Å². The maximum absolute atomic E-state index is 12.5. The average Bonchev–Trinajstić information content (AvgIpc) is 2.74. The van der Waals surface area contributed by atoms with Crippen molar-refractivity contribution in [1.82, 2.24) is 9.62 Å². The number of nitrogens with zero attached hydrogens (tertiary/aromatic N) is 1. The van der Waals surface area contributed by atoms with Crippen molar-refractivity contribution in [2.45, 2.75) is 12.5 Å². The van der Waals surface area contributed by atoms with Gasteiger partial charge in [0.2, 0.25) is 10.0 Å². The zero-order valence-corrected chi connectivity index (χ0v) is 17.0. The first-order valence-electron chi connectivity index (χ1n) is 9.54. The lowest BCUT2D eigenvalue weighted by atomic mass is 10.0. The lowest BCUT2D eigenvalue weighted by Crippen LogP contribution is -2.44. The normalized spacial score (nSPS) is 16.6. The smallest absolute Gasteiger partial charge is 0.211 e. The van der Waals surface area contributed by atoms with E-state index in [2.05, 4.69) is 9.62 Å². The number of hydrogen-bond donors (Lipinski definition) is 1. The summed E-state index contributed by atoms with van der Waals surface area (Å²) in [6.45, 7) is 3.22. The van der Waals surface area contributed by atoms with E-state index >= 15 is 0 Å². The molecule has 2 aromatic rings. The summed E-state index contributed by atoms with van der Waals surface area (Å²) in [6, 6.07) is 17.4. The standard InChI is InChI=1S/C21H28N2O4S/c1-26-20-9-7-19(8-10-20)21(23-12-14-27-15-13-23)17-22-28(24,25)16-11-18-5-3-2-4-6-18/h2-10,21-22H,11-17H2,1H3. The maximum atomic E-state index is 12.5. The predicted octanol–water partition coefficient (Wildman–Crippen LogP) is 2.23. The molecule has 0 spiro atoms. The Morgan fingerprint density at radius 1 is 1.07 bits per heavy atom. The lowest BCUT2D eigenvalue weighted by Gasteiger charge is -2.35. The van der Waals surface area contributed by atoms with Crippen LogP contribution in [-0.2, 0) is 21.2 Å². The highest BCUT2D eigenvalue weighted by atomic mass is 32.2. The summed E-state index contributed by atoms with van der Waals surface area (Å²) in [6.07, 6.45) is 0.501. The molecular formula is C21H28N2O4S. The molecule has 0 amide bonds. The fourth-order valence-electron chi connectivity index (χ4n) is 3.35. The number of nitrogens with one attached hydrogen (secondary N) is 1. The summed E-state index contributed by atoms with van der Waals surface area (Å²) >= 11 is 0. The van der Waals surface area contributed by atoms with Crippen molar-refractivity contribution in [3.63, 3.8) is 0 Å². The van der Waals surface area contributed by atoms with Crippen molar-refractivity contribution in [2.24, 2.45) is 0 Å². The molecule has 6 nitrogen and oxygen atoms in total. The van der Waals surface area contributed by atoms with Gasteiger partial charge in [-0.3, -0.25) is 4.90 Å². The molecule has 0 radical (unpaired) electrons. The molecule has 0 aromatic heterocycles. The van der Waals surface area contributed by atoms with E-state index in [1.807, 2.05) is 54.6 Å². The molecule has 1 atom stereocenters. The topological polar surface area (TPSA) is 67.9 Å². The minimum Gasteiger partial charge on any atom is -0.497 e. The van der Waals surface area contributed by atoms with Crippen molar-refractivity contribution in [3.05, 3.63) is 65.7 Å². The van der Waals surface area contributed by atoms with Gasteiger partial charge in [0.15, 0.2) is 0 Å². The number of sulfonamides is 1. The first-order valence-corrected chi connectivity index (χ1v) is 11.2. The van der Waals surface area contributed by atoms with Crippen molar-refractivity contribution in [3.8, 4) is 5.75 Å². The number of ether oxygens (including phenoxy) is 2. The number of methoxy groups -OCH3 is 1. The lowest BCUT2D eigenvalue weighted by molar-refractivity contribution is 0.0172. The maximum Gasteiger partial charge on any atom is 0.211 e. The van der Waals surface area contributed by atoms with E-state index in [0.717, 1.165) is 30.0 Å². The molecule has 1 aliphatic rings. The van der Waals surface area contributed by atoms with Gasteiger partial charge >= 0.3 is 0 Å². The van der Waals surface area contributed by atoms with Crippen molar-refractivity contribution < 1.29 is 17.9 Å². The van der Waals surface area contributed by atoms with Gasteiger partial charge in [-0.25, -0.2) is 13.1 Å². The minimum absolute atomic E-state index is 0.0405. The zero-order valence-electron chi connectivity index (χ0n) is 16.2. The number of rotatable bonds is 9. The molecular weight excluding hydrogens is 376 g/mol. The van der Waals surface area contributed by atoms with Gasteiger partial charge in [0.1, 0.15) is 5.75 Å². The van der Waals surface area contributed by atoms with Gasteiger partial charge in [-0.2, -0.15) is 0 Å².